The molecule has 6 aromatic rings. The maximum atomic E-state index is 14.7. The number of likely N-dealkylation sites (tertiary alicyclic amines) is 1. The van der Waals surface area contributed by atoms with E-state index in [1.54, 1.807) is 36.9 Å². The van der Waals surface area contributed by atoms with E-state index >= 15 is 0 Å². The molecule has 1 aliphatic rings. The first-order valence-electron chi connectivity index (χ1n) is 13.3. The number of hydrogen-bond acceptors (Lipinski definition) is 6. The molecule has 1 saturated heterocycles. The van der Waals surface area contributed by atoms with Crippen molar-refractivity contribution in [2.24, 2.45) is 0 Å². The summed E-state index contributed by atoms with van der Waals surface area (Å²) in [5, 5.41) is 9.34. The van der Waals surface area contributed by atoms with E-state index in [-0.39, 0.29) is 5.82 Å². The minimum atomic E-state index is -0.235. The third kappa shape index (κ3) is 4.66. The van der Waals surface area contributed by atoms with E-state index in [1.807, 2.05) is 18.2 Å². The molecule has 1 aromatic carbocycles. The van der Waals surface area contributed by atoms with Crippen LogP contribution in [-0.2, 0) is 6.42 Å². The lowest BCUT2D eigenvalue weighted by Gasteiger charge is -2.14. The molecule has 6 heterocycles. The van der Waals surface area contributed by atoms with Gasteiger partial charge in [-0.1, -0.05) is 0 Å². The first kappa shape index (κ1) is 23.6. The molecule has 7 rings (SSSR count). The summed E-state index contributed by atoms with van der Waals surface area (Å²) in [6.45, 7) is 3.42. The molecular formula is C30H27FN8. The number of aryl methyl sites for hydroxylation is 1. The normalized spacial score (nSPS) is 14.1. The molecular weight excluding hydrogens is 491 g/mol. The summed E-state index contributed by atoms with van der Waals surface area (Å²) in [6.07, 6.45) is 13.0. The van der Waals surface area contributed by atoms with Gasteiger partial charge < -0.3 is 9.88 Å². The van der Waals surface area contributed by atoms with E-state index in [0.717, 1.165) is 75.0 Å². The number of benzene rings is 1. The van der Waals surface area contributed by atoms with Gasteiger partial charge >= 0.3 is 0 Å². The molecule has 194 valence electrons. The molecule has 1 aliphatic heterocycles. The second kappa shape index (κ2) is 9.99. The molecule has 2 N–H and O–H groups in total. The van der Waals surface area contributed by atoms with Crippen molar-refractivity contribution in [3.8, 4) is 33.8 Å². The van der Waals surface area contributed by atoms with Crippen molar-refractivity contribution in [2.45, 2.75) is 25.7 Å². The SMILES string of the molecule is Fc1cc(CCCN2CCCC2)cc(-c2nccc3[nH]c(-c4[nH]nc5ncc(-c6cncnc6)cc45)cc23)c1. The van der Waals surface area contributed by atoms with Gasteiger partial charge in [0.05, 0.1) is 17.1 Å². The van der Waals surface area contributed by atoms with Gasteiger partial charge in [-0.05, 0) is 87.3 Å². The smallest absolute Gasteiger partial charge is 0.181 e. The van der Waals surface area contributed by atoms with Crippen molar-refractivity contribution >= 4 is 21.9 Å². The number of aromatic nitrogens is 7. The predicted octanol–water partition coefficient (Wildman–Crippen LogP) is 5.79. The van der Waals surface area contributed by atoms with Crippen LogP contribution in [0.2, 0.25) is 0 Å². The Hall–Kier alpha value is -4.50. The summed E-state index contributed by atoms with van der Waals surface area (Å²) in [5.41, 5.74) is 7.52. The van der Waals surface area contributed by atoms with Gasteiger partial charge in [0.25, 0.3) is 0 Å². The van der Waals surface area contributed by atoms with E-state index in [1.165, 1.54) is 32.3 Å². The molecule has 1 fully saturated rings. The lowest BCUT2D eigenvalue weighted by molar-refractivity contribution is 0.334. The summed E-state index contributed by atoms with van der Waals surface area (Å²) >= 11 is 0. The lowest BCUT2D eigenvalue weighted by Crippen LogP contribution is -2.20. The molecule has 0 atom stereocenters. The van der Waals surface area contributed by atoms with Gasteiger partial charge in [-0.15, -0.1) is 0 Å². The Morgan fingerprint density at radius 2 is 1.74 bits per heavy atom. The quantitative estimate of drug-likeness (QED) is 0.277. The van der Waals surface area contributed by atoms with Gasteiger partial charge in [0.2, 0.25) is 0 Å². The van der Waals surface area contributed by atoms with Crippen LogP contribution in [0.4, 0.5) is 4.39 Å². The van der Waals surface area contributed by atoms with E-state index in [0.29, 0.717) is 5.65 Å². The zero-order valence-corrected chi connectivity index (χ0v) is 21.4. The highest BCUT2D eigenvalue weighted by Gasteiger charge is 2.16. The van der Waals surface area contributed by atoms with E-state index in [9.17, 15) is 4.39 Å². The lowest BCUT2D eigenvalue weighted by atomic mass is 10.0. The minimum absolute atomic E-state index is 0.235. The molecule has 0 unspecified atom stereocenters. The Morgan fingerprint density at radius 1 is 0.872 bits per heavy atom. The molecule has 0 radical (unpaired) electrons. The molecule has 9 heteroatoms. The van der Waals surface area contributed by atoms with Gasteiger partial charge in [-0.25, -0.2) is 19.3 Å². The second-order valence-corrected chi connectivity index (χ2v) is 10.1. The third-order valence-corrected chi connectivity index (χ3v) is 7.49. The van der Waals surface area contributed by atoms with Crippen molar-refractivity contribution < 1.29 is 4.39 Å². The van der Waals surface area contributed by atoms with Crippen LogP contribution < -0.4 is 0 Å². The van der Waals surface area contributed by atoms with Crippen molar-refractivity contribution in [2.75, 3.05) is 19.6 Å². The largest absolute Gasteiger partial charge is 0.353 e. The van der Waals surface area contributed by atoms with Crippen LogP contribution in [0.1, 0.15) is 24.8 Å². The van der Waals surface area contributed by atoms with E-state index < -0.39 is 0 Å². The Bertz CT molecular complexity index is 1770. The van der Waals surface area contributed by atoms with Crippen LogP contribution in [0.5, 0.6) is 0 Å². The summed E-state index contributed by atoms with van der Waals surface area (Å²) in [5.74, 6) is -0.235. The first-order chi connectivity index (χ1) is 19.2. The van der Waals surface area contributed by atoms with Gasteiger partial charge in [-0.3, -0.25) is 10.1 Å². The van der Waals surface area contributed by atoms with E-state index in [4.69, 9.17) is 0 Å². The van der Waals surface area contributed by atoms with Crippen molar-refractivity contribution in [3.05, 3.63) is 78.9 Å². The first-order valence-corrected chi connectivity index (χ1v) is 13.3. The monoisotopic (exact) mass is 518 g/mol. The zero-order chi connectivity index (χ0) is 26.2. The average molecular weight is 519 g/mol. The Labute approximate surface area is 224 Å². The molecule has 39 heavy (non-hydrogen) atoms. The zero-order valence-electron chi connectivity index (χ0n) is 21.4. The highest BCUT2D eigenvalue weighted by molar-refractivity contribution is 6.00. The fourth-order valence-corrected chi connectivity index (χ4v) is 5.57. The molecule has 0 bridgehead atoms. The molecule has 0 saturated carbocycles. The topological polar surface area (TPSA) is 99.3 Å². The van der Waals surface area contributed by atoms with Crippen LogP contribution in [0.15, 0.2) is 67.5 Å². The Morgan fingerprint density at radius 3 is 2.62 bits per heavy atom. The van der Waals surface area contributed by atoms with Crippen molar-refractivity contribution in [3.63, 3.8) is 0 Å². The number of nitrogens with zero attached hydrogens (tertiary/aromatic N) is 6. The van der Waals surface area contributed by atoms with Crippen molar-refractivity contribution in [1.29, 1.82) is 0 Å². The van der Waals surface area contributed by atoms with Crippen LogP contribution in [0.25, 0.3) is 55.7 Å². The summed E-state index contributed by atoms with van der Waals surface area (Å²) < 4.78 is 14.7. The average Bonchev–Trinajstić information content (AvgIpc) is 3.72. The standard InChI is InChI=1S/C30H27FN8/c31-23-11-19(4-3-9-39-7-1-2-8-39)10-20(12-23)28-24-14-27(36-26(24)5-6-34-28)29-25-13-21(17-35-30(25)38-37-29)22-15-32-18-33-16-22/h5-6,10-18,36H,1-4,7-9H2,(H,35,37,38). The Balaban J connectivity index is 1.23. The molecule has 5 aromatic heterocycles. The number of fused-ring (bicyclic) bond motifs is 2. The predicted molar refractivity (Wildman–Crippen MR) is 149 cm³/mol. The molecule has 8 nitrogen and oxygen atoms in total. The Kier molecular flexibility index (Phi) is 6.05. The van der Waals surface area contributed by atoms with Crippen LogP contribution in [0, 0.1) is 5.82 Å². The number of rotatable bonds is 7. The minimum Gasteiger partial charge on any atom is -0.353 e. The van der Waals surface area contributed by atoms with Crippen molar-refractivity contribution in [1.82, 2.24) is 40.0 Å². The summed E-state index contributed by atoms with van der Waals surface area (Å²) in [4.78, 5) is 23.4. The second-order valence-electron chi connectivity index (χ2n) is 10.1. The summed E-state index contributed by atoms with van der Waals surface area (Å²) in [6, 6.07) is 11.3. The van der Waals surface area contributed by atoms with Crippen LogP contribution in [-0.4, -0.2) is 59.7 Å². The highest BCUT2D eigenvalue weighted by Crippen LogP contribution is 2.34. The summed E-state index contributed by atoms with van der Waals surface area (Å²) in [7, 11) is 0. The maximum Gasteiger partial charge on any atom is 0.181 e. The number of halogens is 1. The maximum absolute atomic E-state index is 14.7. The molecule has 0 amide bonds. The fraction of sp³-hybridized carbons (Fsp3) is 0.233. The number of aromatic amines is 2. The number of nitrogens with one attached hydrogen (secondary N) is 2. The third-order valence-electron chi connectivity index (χ3n) is 7.49. The van der Waals surface area contributed by atoms with Crippen LogP contribution in [0.3, 0.4) is 0 Å². The number of hydrogen-bond donors (Lipinski definition) is 2. The molecule has 0 spiro atoms. The number of pyridine rings is 2. The van der Waals surface area contributed by atoms with Gasteiger partial charge in [0, 0.05) is 57.8 Å². The van der Waals surface area contributed by atoms with Gasteiger partial charge in [0.1, 0.15) is 12.1 Å². The highest BCUT2D eigenvalue weighted by atomic mass is 19.1. The van der Waals surface area contributed by atoms with Crippen LogP contribution >= 0.6 is 0 Å². The van der Waals surface area contributed by atoms with Gasteiger partial charge in [0.15, 0.2) is 5.65 Å². The number of H-pyrrole nitrogens is 2. The van der Waals surface area contributed by atoms with Gasteiger partial charge in [-0.2, -0.15) is 5.10 Å². The van der Waals surface area contributed by atoms with E-state index in [2.05, 4.69) is 46.1 Å². The molecule has 0 aliphatic carbocycles. The fourth-order valence-electron chi connectivity index (χ4n) is 5.57.